The van der Waals surface area contributed by atoms with Crippen LogP contribution in [-0.2, 0) is 0 Å². The monoisotopic (exact) mass is 141 g/mol. The lowest BCUT2D eigenvalue weighted by Crippen LogP contribution is -1.98. The summed E-state index contributed by atoms with van der Waals surface area (Å²) < 4.78 is 0.505. The molecule has 0 saturated heterocycles. The van der Waals surface area contributed by atoms with E-state index in [1.807, 2.05) is 6.26 Å². The van der Waals surface area contributed by atoms with Gasteiger partial charge < -0.3 is 5.73 Å². The number of hydrogen-bond donors (Lipinski definition) is 1. The van der Waals surface area contributed by atoms with Crippen LogP contribution in [0.5, 0.6) is 0 Å². The maximum atomic E-state index is 4.99. The van der Waals surface area contributed by atoms with Crippen LogP contribution in [0.4, 0.5) is 0 Å². The summed E-state index contributed by atoms with van der Waals surface area (Å²) in [7, 11) is 0. The molecule has 0 spiro atoms. The van der Waals surface area contributed by atoms with E-state index in [1.54, 1.807) is 0 Å². The van der Waals surface area contributed by atoms with Crippen molar-refractivity contribution in [1.29, 1.82) is 0 Å². The third-order valence-corrected chi connectivity index (χ3v) is 1.10. The first-order chi connectivity index (χ1) is 2.27. The minimum absolute atomic E-state index is 0. The number of thioether (sulfide) groups is 1. The molecule has 0 aliphatic rings. The maximum absolute atomic E-state index is 4.99. The molecule has 0 aromatic rings. The summed E-state index contributed by atoms with van der Waals surface area (Å²) in [6, 6.07) is 0. The molecular weight excluding hydrogens is 134 g/mol. The highest BCUT2D eigenvalue weighted by Crippen LogP contribution is 1.86. The van der Waals surface area contributed by atoms with Crippen molar-refractivity contribution in [1.82, 2.24) is 0 Å². The van der Waals surface area contributed by atoms with Crippen molar-refractivity contribution >= 4 is 41.8 Å². The third-order valence-electron chi connectivity index (χ3n) is 0.201. The number of hydrogen-bond acceptors (Lipinski definition) is 2. The fourth-order valence-corrected chi connectivity index (χ4v) is 0. The average Bonchev–Trinajstić information content (AvgIpc) is 1.38. The topological polar surface area (TPSA) is 26.0 Å². The van der Waals surface area contributed by atoms with Gasteiger partial charge in [-0.25, -0.2) is 0 Å². The van der Waals surface area contributed by atoms with E-state index in [2.05, 4.69) is 12.2 Å². The van der Waals surface area contributed by atoms with Crippen molar-refractivity contribution in [3.8, 4) is 0 Å². The Kier molecular flexibility index (Phi) is 9.11. The van der Waals surface area contributed by atoms with Gasteiger partial charge in [-0.1, -0.05) is 12.2 Å². The average molecular weight is 141 g/mol. The molecule has 2 N–H and O–H groups in total. The number of nitrogens with two attached hydrogens (primary N) is 1. The Morgan fingerprint density at radius 3 is 2.00 bits per heavy atom. The Labute approximate surface area is 54.1 Å². The van der Waals surface area contributed by atoms with Gasteiger partial charge in [0, 0.05) is 0 Å². The second-order valence-corrected chi connectivity index (χ2v) is 2.07. The van der Waals surface area contributed by atoms with E-state index >= 15 is 0 Å². The van der Waals surface area contributed by atoms with Crippen LogP contribution in [0.1, 0.15) is 0 Å². The van der Waals surface area contributed by atoms with E-state index in [1.165, 1.54) is 11.8 Å². The van der Waals surface area contributed by atoms with Gasteiger partial charge in [-0.15, -0.1) is 11.8 Å². The SMILES string of the molecule is CSC(N)=S.S. The van der Waals surface area contributed by atoms with Crippen LogP contribution in [0.15, 0.2) is 0 Å². The molecule has 1 nitrogen and oxygen atoms in total. The Morgan fingerprint density at radius 2 is 2.00 bits per heavy atom. The van der Waals surface area contributed by atoms with Gasteiger partial charge in [-0.3, -0.25) is 0 Å². The van der Waals surface area contributed by atoms with Gasteiger partial charge >= 0.3 is 0 Å². The molecule has 0 aromatic carbocycles. The van der Waals surface area contributed by atoms with Crippen LogP contribution >= 0.6 is 37.5 Å². The van der Waals surface area contributed by atoms with Gasteiger partial charge in [-0.2, -0.15) is 13.5 Å². The summed E-state index contributed by atoms with van der Waals surface area (Å²) >= 11 is 5.83. The van der Waals surface area contributed by atoms with Gasteiger partial charge in [0.2, 0.25) is 0 Å². The number of thiocarbonyl (C=S) groups is 1. The van der Waals surface area contributed by atoms with Crippen LogP contribution in [0, 0.1) is 0 Å². The minimum atomic E-state index is 0. The fourth-order valence-electron chi connectivity index (χ4n) is 0. The Bertz CT molecular complexity index is 44.1. The summed E-state index contributed by atoms with van der Waals surface area (Å²) in [5, 5.41) is 0. The smallest absolute Gasteiger partial charge is 0.130 e. The van der Waals surface area contributed by atoms with Gasteiger partial charge in [0.25, 0.3) is 0 Å². The molecule has 0 unspecified atom stereocenters. The van der Waals surface area contributed by atoms with Gasteiger partial charge in [0.1, 0.15) is 4.32 Å². The van der Waals surface area contributed by atoms with Crippen LogP contribution in [0.25, 0.3) is 0 Å². The molecule has 0 aromatic heterocycles. The van der Waals surface area contributed by atoms with Crippen molar-refractivity contribution in [3.63, 3.8) is 0 Å². The summed E-state index contributed by atoms with van der Waals surface area (Å²) in [6.07, 6.45) is 1.85. The Hall–Kier alpha value is 0.590. The molecule has 0 radical (unpaired) electrons. The van der Waals surface area contributed by atoms with E-state index in [0.29, 0.717) is 4.32 Å². The molecule has 4 heteroatoms. The Morgan fingerprint density at radius 1 is 1.83 bits per heavy atom. The van der Waals surface area contributed by atoms with Crippen LogP contribution in [0.3, 0.4) is 0 Å². The van der Waals surface area contributed by atoms with E-state index in [-0.39, 0.29) is 13.5 Å². The fraction of sp³-hybridized carbons (Fsp3) is 0.500. The largest absolute Gasteiger partial charge is 0.385 e. The molecule has 0 atom stereocenters. The van der Waals surface area contributed by atoms with Gasteiger partial charge in [0.15, 0.2) is 0 Å². The summed E-state index contributed by atoms with van der Waals surface area (Å²) in [4.78, 5) is 0. The zero-order chi connectivity index (χ0) is 4.28. The minimum Gasteiger partial charge on any atom is -0.385 e. The highest BCUT2D eigenvalue weighted by atomic mass is 32.2. The molecule has 0 rings (SSSR count). The second kappa shape index (κ2) is 5.59. The first kappa shape index (κ1) is 9.77. The standard InChI is InChI=1S/C2H5NS2.H2S/c1-5-2(3)4;/h1H3,(H2,3,4);1H2. The predicted molar refractivity (Wildman–Crippen MR) is 40.7 cm³/mol. The van der Waals surface area contributed by atoms with Crippen molar-refractivity contribution in [2.24, 2.45) is 5.73 Å². The molecule has 6 heavy (non-hydrogen) atoms. The highest BCUT2D eigenvalue weighted by Gasteiger charge is 1.71. The number of rotatable bonds is 0. The first-order valence-electron chi connectivity index (χ1n) is 1.11. The second-order valence-electron chi connectivity index (χ2n) is 0.523. The van der Waals surface area contributed by atoms with Gasteiger partial charge in [0.05, 0.1) is 0 Å². The van der Waals surface area contributed by atoms with E-state index in [0.717, 1.165) is 0 Å². The normalized spacial score (nSPS) is 6.17. The first-order valence-corrected chi connectivity index (χ1v) is 2.74. The molecule has 38 valence electrons. The quantitative estimate of drug-likeness (QED) is 0.503. The van der Waals surface area contributed by atoms with E-state index in [4.69, 9.17) is 5.73 Å². The third kappa shape index (κ3) is 8.82. The predicted octanol–water partition coefficient (Wildman–Crippen LogP) is 0.706. The molecule has 0 heterocycles. The van der Waals surface area contributed by atoms with Crippen LogP contribution in [0.2, 0.25) is 0 Å². The van der Waals surface area contributed by atoms with Crippen LogP contribution in [-0.4, -0.2) is 10.6 Å². The van der Waals surface area contributed by atoms with Crippen molar-refractivity contribution in [3.05, 3.63) is 0 Å². The Balaban J connectivity index is 0. The maximum Gasteiger partial charge on any atom is 0.130 e. The summed E-state index contributed by atoms with van der Waals surface area (Å²) in [6.45, 7) is 0. The molecule has 0 aliphatic heterocycles. The van der Waals surface area contributed by atoms with Crippen molar-refractivity contribution < 1.29 is 0 Å². The lowest BCUT2D eigenvalue weighted by atomic mass is 11.5. The molecule has 0 amide bonds. The van der Waals surface area contributed by atoms with E-state index < -0.39 is 0 Å². The molecule has 0 saturated carbocycles. The molecule has 0 bridgehead atoms. The molecule has 0 aliphatic carbocycles. The molecule has 0 fully saturated rings. The summed E-state index contributed by atoms with van der Waals surface area (Å²) in [5.41, 5.74) is 4.99. The van der Waals surface area contributed by atoms with Crippen LogP contribution < -0.4 is 5.73 Å². The highest BCUT2D eigenvalue weighted by molar-refractivity contribution is 8.22. The lowest BCUT2D eigenvalue weighted by molar-refractivity contribution is 1.90. The van der Waals surface area contributed by atoms with E-state index in [9.17, 15) is 0 Å². The van der Waals surface area contributed by atoms with Crippen molar-refractivity contribution in [2.75, 3.05) is 6.26 Å². The lowest BCUT2D eigenvalue weighted by Gasteiger charge is -1.78. The zero-order valence-corrected chi connectivity index (χ0v) is 6.03. The zero-order valence-electron chi connectivity index (χ0n) is 3.39. The summed E-state index contributed by atoms with van der Waals surface area (Å²) in [5.74, 6) is 0. The van der Waals surface area contributed by atoms with Crippen molar-refractivity contribution in [2.45, 2.75) is 0 Å². The van der Waals surface area contributed by atoms with Gasteiger partial charge in [-0.05, 0) is 6.26 Å². The molecular formula is C2H7NS3.